The molecule has 32 heavy (non-hydrogen) atoms. The second kappa shape index (κ2) is 9.55. The van der Waals surface area contributed by atoms with E-state index in [4.69, 9.17) is 9.47 Å². The molecule has 0 bridgehead atoms. The van der Waals surface area contributed by atoms with Crippen LogP contribution in [-0.2, 0) is 0 Å². The Hall–Kier alpha value is -3.15. The molecule has 0 unspecified atom stereocenters. The normalized spacial score (nSPS) is 15.4. The number of hydrogen-bond acceptors (Lipinski definition) is 4. The quantitative estimate of drug-likeness (QED) is 0.501. The lowest BCUT2D eigenvalue weighted by atomic mass is 9.84. The van der Waals surface area contributed by atoms with Crippen molar-refractivity contribution >= 4 is 16.8 Å². The van der Waals surface area contributed by atoms with E-state index in [2.05, 4.69) is 10.3 Å². The minimum absolute atomic E-state index is 0.0512. The number of aromatic nitrogens is 1. The van der Waals surface area contributed by atoms with Gasteiger partial charge in [-0.15, -0.1) is 0 Å². The van der Waals surface area contributed by atoms with Gasteiger partial charge in [0.1, 0.15) is 23.1 Å². The predicted octanol–water partition coefficient (Wildman–Crippen LogP) is 6.18. The number of pyridine rings is 1. The van der Waals surface area contributed by atoms with Crippen LogP contribution in [0.2, 0.25) is 0 Å². The summed E-state index contributed by atoms with van der Waals surface area (Å²) in [6, 6.07) is 9.63. The van der Waals surface area contributed by atoms with Crippen molar-refractivity contribution in [3.8, 4) is 17.2 Å². The zero-order valence-corrected chi connectivity index (χ0v) is 18.8. The fourth-order valence-corrected chi connectivity index (χ4v) is 4.48. The number of rotatable bonds is 6. The number of hydrogen-bond donors (Lipinski definition) is 1. The summed E-state index contributed by atoms with van der Waals surface area (Å²) in [5, 5.41) is 3.79. The molecule has 1 heterocycles. The molecule has 1 aliphatic rings. The van der Waals surface area contributed by atoms with Crippen molar-refractivity contribution in [1.29, 1.82) is 0 Å². The van der Waals surface area contributed by atoms with E-state index in [1.807, 2.05) is 26.0 Å². The first-order valence-electron chi connectivity index (χ1n) is 11.2. The first kappa shape index (κ1) is 22.1. The van der Waals surface area contributed by atoms with Crippen LogP contribution < -0.4 is 14.8 Å². The lowest BCUT2D eigenvalue weighted by Crippen LogP contribution is -2.38. The van der Waals surface area contributed by atoms with Gasteiger partial charge < -0.3 is 14.8 Å². The molecular formula is C26H29FN2O3. The number of halogens is 1. The van der Waals surface area contributed by atoms with Crippen LogP contribution in [0.25, 0.3) is 10.9 Å². The fourth-order valence-electron chi connectivity index (χ4n) is 4.48. The van der Waals surface area contributed by atoms with E-state index >= 15 is 0 Å². The van der Waals surface area contributed by atoms with Crippen LogP contribution in [0.5, 0.6) is 17.2 Å². The Morgan fingerprint density at radius 1 is 1.12 bits per heavy atom. The Kier molecular flexibility index (Phi) is 6.58. The number of carbonyl (C=O) groups is 1. The molecule has 1 amide bonds. The number of methoxy groups -OCH3 is 1. The maximum Gasteiger partial charge on any atom is 0.251 e. The van der Waals surface area contributed by atoms with E-state index in [-0.39, 0.29) is 23.3 Å². The van der Waals surface area contributed by atoms with Gasteiger partial charge in [0.2, 0.25) is 0 Å². The van der Waals surface area contributed by atoms with Gasteiger partial charge >= 0.3 is 0 Å². The van der Waals surface area contributed by atoms with Crippen molar-refractivity contribution < 1.29 is 18.7 Å². The van der Waals surface area contributed by atoms with Gasteiger partial charge in [-0.3, -0.25) is 9.78 Å². The monoisotopic (exact) mass is 436 g/mol. The van der Waals surface area contributed by atoms with Gasteiger partial charge in [-0.2, -0.15) is 0 Å². The zero-order chi connectivity index (χ0) is 22.7. The van der Waals surface area contributed by atoms with E-state index < -0.39 is 5.82 Å². The standard InChI is InChI=1S/C26H29FN2O3/c1-16-11-23-22(15-25(16)31-3)24(9-10-28-23)32-21-13-19(12-20(27)14-21)26(30)29-17(2)18-7-5-4-6-8-18/h9-15,17-18H,4-8H2,1-3H3,(H,29,30)/t17-/m1/s1. The number of aryl methyl sites for hydroxylation is 1. The number of ether oxygens (including phenoxy) is 2. The molecule has 5 nitrogen and oxygen atoms in total. The van der Waals surface area contributed by atoms with E-state index in [9.17, 15) is 9.18 Å². The van der Waals surface area contributed by atoms with E-state index in [1.165, 1.54) is 31.4 Å². The Bertz CT molecular complexity index is 1130. The maximum absolute atomic E-state index is 14.4. The molecule has 2 aromatic carbocycles. The van der Waals surface area contributed by atoms with Crippen LogP contribution in [0, 0.1) is 18.7 Å². The summed E-state index contributed by atoms with van der Waals surface area (Å²) in [6.07, 6.45) is 7.55. The Morgan fingerprint density at radius 2 is 1.91 bits per heavy atom. The number of nitrogens with zero attached hydrogens (tertiary/aromatic N) is 1. The van der Waals surface area contributed by atoms with Gasteiger partial charge in [-0.1, -0.05) is 19.3 Å². The maximum atomic E-state index is 14.4. The van der Waals surface area contributed by atoms with Crippen LogP contribution >= 0.6 is 0 Å². The molecular weight excluding hydrogens is 407 g/mol. The van der Waals surface area contributed by atoms with Gasteiger partial charge in [0.15, 0.2) is 0 Å². The first-order valence-corrected chi connectivity index (χ1v) is 11.2. The molecule has 1 atom stereocenters. The highest BCUT2D eigenvalue weighted by atomic mass is 19.1. The molecule has 1 fully saturated rings. The van der Waals surface area contributed by atoms with Gasteiger partial charge in [0.25, 0.3) is 5.91 Å². The molecule has 0 aliphatic heterocycles. The molecule has 168 valence electrons. The Balaban J connectivity index is 1.57. The highest BCUT2D eigenvalue weighted by molar-refractivity contribution is 5.95. The van der Waals surface area contributed by atoms with Crippen molar-refractivity contribution in [1.82, 2.24) is 10.3 Å². The third-order valence-electron chi connectivity index (χ3n) is 6.30. The summed E-state index contributed by atoms with van der Waals surface area (Å²) in [6.45, 7) is 3.97. The number of nitrogens with one attached hydrogen (secondary N) is 1. The fraction of sp³-hybridized carbons (Fsp3) is 0.385. The average molecular weight is 437 g/mol. The minimum Gasteiger partial charge on any atom is -0.496 e. The average Bonchev–Trinajstić information content (AvgIpc) is 2.79. The highest BCUT2D eigenvalue weighted by Gasteiger charge is 2.22. The first-order chi connectivity index (χ1) is 15.4. The molecule has 4 rings (SSSR count). The van der Waals surface area contributed by atoms with Crippen molar-refractivity contribution in [2.75, 3.05) is 7.11 Å². The van der Waals surface area contributed by atoms with Crippen LogP contribution in [0.4, 0.5) is 4.39 Å². The van der Waals surface area contributed by atoms with E-state index in [1.54, 1.807) is 25.4 Å². The molecule has 0 radical (unpaired) electrons. The van der Waals surface area contributed by atoms with Crippen LogP contribution in [-0.4, -0.2) is 24.0 Å². The van der Waals surface area contributed by atoms with E-state index in [0.29, 0.717) is 17.4 Å². The van der Waals surface area contributed by atoms with Gasteiger partial charge in [-0.05, 0) is 68.5 Å². The Labute approximate surface area is 188 Å². The summed E-state index contributed by atoms with van der Waals surface area (Å²) in [5.41, 5.74) is 1.95. The van der Waals surface area contributed by atoms with Crippen LogP contribution in [0.1, 0.15) is 54.9 Å². The van der Waals surface area contributed by atoms with Crippen molar-refractivity contribution in [3.63, 3.8) is 0 Å². The molecule has 0 saturated heterocycles. The van der Waals surface area contributed by atoms with Crippen molar-refractivity contribution in [2.45, 2.75) is 52.0 Å². The number of fused-ring (bicyclic) bond motifs is 1. The minimum atomic E-state index is -0.523. The smallest absolute Gasteiger partial charge is 0.251 e. The number of benzene rings is 2. The summed E-state index contributed by atoms with van der Waals surface area (Å²) in [5.74, 6) is 1.15. The summed E-state index contributed by atoms with van der Waals surface area (Å²) in [4.78, 5) is 17.2. The lowest BCUT2D eigenvalue weighted by molar-refractivity contribution is 0.0918. The third kappa shape index (κ3) is 4.85. The molecule has 1 N–H and O–H groups in total. The second-order valence-electron chi connectivity index (χ2n) is 8.59. The van der Waals surface area contributed by atoms with Crippen LogP contribution in [0.15, 0.2) is 42.6 Å². The molecule has 6 heteroatoms. The number of carbonyl (C=O) groups excluding carboxylic acids is 1. The van der Waals surface area contributed by atoms with Crippen molar-refractivity contribution in [3.05, 3.63) is 59.5 Å². The molecule has 1 aliphatic carbocycles. The molecule has 1 saturated carbocycles. The molecule has 1 aromatic heterocycles. The third-order valence-corrected chi connectivity index (χ3v) is 6.30. The molecule has 0 spiro atoms. The lowest BCUT2D eigenvalue weighted by Gasteiger charge is -2.28. The second-order valence-corrected chi connectivity index (χ2v) is 8.59. The topological polar surface area (TPSA) is 60.5 Å². The van der Waals surface area contributed by atoms with Crippen LogP contribution in [0.3, 0.4) is 0 Å². The largest absolute Gasteiger partial charge is 0.496 e. The highest BCUT2D eigenvalue weighted by Crippen LogP contribution is 2.34. The predicted molar refractivity (Wildman–Crippen MR) is 123 cm³/mol. The Morgan fingerprint density at radius 3 is 2.66 bits per heavy atom. The SMILES string of the molecule is COc1cc2c(Oc3cc(F)cc(C(=O)N[C@H](C)C4CCCCC4)c3)ccnc2cc1C. The molecule has 3 aromatic rings. The zero-order valence-electron chi connectivity index (χ0n) is 18.8. The summed E-state index contributed by atoms with van der Waals surface area (Å²) in [7, 11) is 1.61. The van der Waals surface area contributed by atoms with Gasteiger partial charge in [0, 0.05) is 29.3 Å². The van der Waals surface area contributed by atoms with Crippen molar-refractivity contribution in [2.24, 2.45) is 5.92 Å². The number of amides is 1. The van der Waals surface area contributed by atoms with E-state index in [0.717, 1.165) is 29.3 Å². The van der Waals surface area contributed by atoms with Gasteiger partial charge in [-0.25, -0.2) is 4.39 Å². The summed E-state index contributed by atoms with van der Waals surface area (Å²) < 4.78 is 25.8. The summed E-state index contributed by atoms with van der Waals surface area (Å²) >= 11 is 0. The van der Waals surface area contributed by atoms with Gasteiger partial charge in [0.05, 0.1) is 12.6 Å².